The Morgan fingerprint density at radius 2 is 1.69 bits per heavy atom. The molecule has 0 radical (unpaired) electrons. The molecule has 1 N–H and O–H groups in total. The number of aryl methyl sites for hydroxylation is 1. The van der Waals surface area contributed by atoms with E-state index in [9.17, 15) is 4.79 Å². The van der Waals surface area contributed by atoms with Crippen LogP contribution in [0.25, 0.3) is 10.8 Å². The number of rotatable bonds is 8. The van der Waals surface area contributed by atoms with Gasteiger partial charge in [-0.25, -0.2) is 0 Å². The van der Waals surface area contributed by atoms with Crippen molar-refractivity contribution < 1.29 is 4.79 Å². The van der Waals surface area contributed by atoms with Crippen molar-refractivity contribution in [2.75, 3.05) is 11.5 Å². The molecule has 0 bridgehead atoms. The van der Waals surface area contributed by atoms with Crippen LogP contribution in [0.2, 0.25) is 0 Å². The summed E-state index contributed by atoms with van der Waals surface area (Å²) in [6.07, 6.45) is 2.17. The summed E-state index contributed by atoms with van der Waals surface area (Å²) in [5.41, 5.74) is 2.51. The lowest BCUT2D eigenvalue weighted by Crippen LogP contribution is -2.28. The van der Waals surface area contributed by atoms with E-state index in [-0.39, 0.29) is 11.9 Å². The van der Waals surface area contributed by atoms with Crippen LogP contribution in [0, 0.1) is 0 Å². The fourth-order valence-corrected chi connectivity index (χ4v) is 3.79. The summed E-state index contributed by atoms with van der Waals surface area (Å²) >= 11 is 1.71. The fraction of sp³-hybridized carbons (Fsp3) is 0.261. The maximum Gasteiger partial charge on any atom is 0.230 e. The normalized spacial score (nSPS) is 12.0. The van der Waals surface area contributed by atoms with Crippen LogP contribution in [0.3, 0.4) is 0 Å². The van der Waals surface area contributed by atoms with E-state index in [1.807, 2.05) is 25.1 Å². The molecule has 2 nitrogen and oxygen atoms in total. The van der Waals surface area contributed by atoms with E-state index in [1.165, 1.54) is 16.3 Å². The summed E-state index contributed by atoms with van der Waals surface area (Å²) in [5.74, 6) is 1.63. The quantitative estimate of drug-likeness (QED) is 0.544. The molecule has 0 saturated carbocycles. The van der Waals surface area contributed by atoms with Crippen molar-refractivity contribution in [3.8, 4) is 0 Å². The number of thioether (sulfide) groups is 1. The number of fused-ring (bicyclic) bond motifs is 1. The fourth-order valence-electron chi connectivity index (χ4n) is 3.03. The highest BCUT2D eigenvalue weighted by molar-refractivity contribution is 7.99. The molecule has 0 aromatic heterocycles. The third-order valence-electron chi connectivity index (χ3n) is 4.48. The molecule has 0 spiro atoms. The van der Waals surface area contributed by atoms with E-state index in [0.717, 1.165) is 24.2 Å². The molecule has 0 heterocycles. The molecule has 1 amide bonds. The van der Waals surface area contributed by atoms with Gasteiger partial charge in [-0.05, 0) is 53.5 Å². The third kappa shape index (κ3) is 5.37. The van der Waals surface area contributed by atoms with E-state index in [4.69, 9.17) is 0 Å². The van der Waals surface area contributed by atoms with Gasteiger partial charge in [0.15, 0.2) is 0 Å². The number of amides is 1. The Morgan fingerprint density at radius 3 is 2.50 bits per heavy atom. The summed E-state index contributed by atoms with van der Waals surface area (Å²) < 4.78 is 0. The zero-order valence-corrected chi connectivity index (χ0v) is 16.0. The van der Waals surface area contributed by atoms with E-state index in [2.05, 4.69) is 59.9 Å². The Hall–Kier alpha value is -2.26. The predicted octanol–water partition coefficient (Wildman–Crippen LogP) is 5.38. The predicted molar refractivity (Wildman–Crippen MR) is 113 cm³/mol. The van der Waals surface area contributed by atoms with Crippen molar-refractivity contribution in [1.82, 2.24) is 5.32 Å². The molecular formula is C23H25NOS. The Labute approximate surface area is 160 Å². The van der Waals surface area contributed by atoms with E-state index in [0.29, 0.717) is 5.75 Å². The lowest BCUT2D eigenvalue weighted by Gasteiger charge is -2.15. The lowest BCUT2D eigenvalue weighted by molar-refractivity contribution is -0.119. The first-order valence-corrected chi connectivity index (χ1v) is 10.3. The van der Waals surface area contributed by atoms with Gasteiger partial charge in [0.2, 0.25) is 5.91 Å². The van der Waals surface area contributed by atoms with Gasteiger partial charge >= 0.3 is 0 Å². The number of carbonyl (C=O) groups excluding carboxylic acids is 1. The van der Waals surface area contributed by atoms with Gasteiger partial charge in [0, 0.05) is 0 Å². The zero-order valence-electron chi connectivity index (χ0n) is 15.2. The van der Waals surface area contributed by atoms with Crippen LogP contribution in [0.5, 0.6) is 0 Å². The minimum Gasteiger partial charge on any atom is -0.349 e. The standard InChI is InChI=1S/C23H25NOS/c1-18(21-14-13-20-11-5-6-12-22(20)16-21)24-23(25)17-26-15-7-10-19-8-3-2-4-9-19/h2-6,8-9,11-14,16,18H,7,10,15,17H2,1H3,(H,24,25)/t18-/m1/s1. The second-order valence-corrected chi connectivity index (χ2v) is 7.64. The van der Waals surface area contributed by atoms with Crippen molar-refractivity contribution in [2.45, 2.75) is 25.8 Å². The van der Waals surface area contributed by atoms with Crippen LogP contribution in [-0.4, -0.2) is 17.4 Å². The molecule has 3 rings (SSSR count). The van der Waals surface area contributed by atoms with Crippen LogP contribution in [-0.2, 0) is 11.2 Å². The number of hydrogen-bond acceptors (Lipinski definition) is 2. The van der Waals surface area contributed by atoms with Crippen LogP contribution in [0.1, 0.15) is 30.5 Å². The molecule has 0 unspecified atom stereocenters. The zero-order chi connectivity index (χ0) is 18.2. The maximum absolute atomic E-state index is 12.2. The second kappa shape index (κ2) is 9.44. The van der Waals surface area contributed by atoms with Gasteiger partial charge in [-0.3, -0.25) is 4.79 Å². The van der Waals surface area contributed by atoms with E-state index in [1.54, 1.807) is 11.8 Å². The van der Waals surface area contributed by atoms with Crippen LogP contribution in [0.4, 0.5) is 0 Å². The second-order valence-electron chi connectivity index (χ2n) is 6.54. The summed E-state index contributed by atoms with van der Waals surface area (Å²) in [7, 11) is 0. The molecule has 1 atom stereocenters. The molecular weight excluding hydrogens is 338 g/mol. The smallest absolute Gasteiger partial charge is 0.230 e. The number of carbonyl (C=O) groups is 1. The molecule has 3 aromatic rings. The summed E-state index contributed by atoms with van der Waals surface area (Å²) in [5, 5.41) is 5.55. The van der Waals surface area contributed by atoms with Crippen molar-refractivity contribution in [3.05, 3.63) is 83.9 Å². The van der Waals surface area contributed by atoms with Crippen LogP contribution >= 0.6 is 11.8 Å². The minimum atomic E-state index is 0.0250. The average Bonchev–Trinajstić information content (AvgIpc) is 2.68. The SMILES string of the molecule is C[C@@H](NC(=O)CSCCCc1ccccc1)c1ccc2ccccc2c1. The Kier molecular flexibility index (Phi) is 6.73. The minimum absolute atomic E-state index is 0.0250. The molecule has 3 aromatic carbocycles. The van der Waals surface area contributed by atoms with E-state index < -0.39 is 0 Å². The summed E-state index contributed by atoms with van der Waals surface area (Å²) in [6.45, 7) is 2.04. The van der Waals surface area contributed by atoms with Gasteiger partial charge in [0.1, 0.15) is 0 Å². The maximum atomic E-state index is 12.2. The molecule has 0 aliphatic rings. The third-order valence-corrected chi connectivity index (χ3v) is 5.52. The molecule has 0 saturated heterocycles. The van der Waals surface area contributed by atoms with Crippen molar-refractivity contribution in [2.24, 2.45) is 0 Å². The molecule has 0 aliphatic heterocycles. The van der Waals surface area contributed by atoms with Gasteiger partial charge in [-0.15, -0.1) is 0 Å². The Balaban J connectivity index is 1.40. The van der Waals surface area contributed by atoms with Crippen LogP contribution in [0.15, 0.2) is 72.8 Å². The first kappa shape index (κ1) is 18.5. The molecule has 134 valence electrons. The Morgan fingerprint density at radius 1 is 0.962 bits per heavy atom. The van der Waals surface area contributed by atoms with Crippen molar-refractivity contribution in [1.29, 1.82) is 0 Å². The van der Waals surface area contributed by atoms with Gasteiger partial charge in [0.05, 0.1) is 11.8 Å². The Bertz CT molecular complexity index is 847. The first-order chi connectivity index (χ1) is 12.7. The van der Waals surface area contributed by atoms with Crippen LogP contribution < -0.4 is 5.32 Å². The van der Waals surface area contributed by atoms with Crippen molar-refractivity contribution in [3.63, 3.8) is 0 Å². The average molecular weight is 364 g/mol. The summed E-state index contributed by atoms with van der Waals surface area (Å²) in [4.78, 5) is 12.2. The van der Waals surface area contributed by atoms with Gasteiger partial charge < -0.3 is 5.32 Å². The lowest BCUT2D eigenvalue weighted by atomic mass is 10.0. The topological polar surface area (TPSA) is 29.1 Å². The molecule has 3 heteroatoms. The molecule has 26 heavy (non-hydrogen) atoms. The first-order valence-electron chi connectivity index (χ1n) is 9.12. The van der Waals surface area contributed by atoms with Gasteiger partial charge in [-0.1, -0.05) is 66.7 Å². The molecule has 0 fully saturated rings. The monoisotopic (exact) mass is 363 g/mol. The number of hydrogen-bond donors (Lipinski definition) is 1. The largest absolute Gasteiger partial charge is 0.349 e. The molecule has 0 aliphatic carbocycles. The highest BCUT2D eigenvalue weighted by Crippen LogP contribution is 2.20. The number of nitrogens with one attached hydrogen (secondary N) is 1. The highest BCUT2D eigenvalue weighted by Gasteiger charge is 2.10. The number of benzene rings is 3. The highest BCUT2D eigenvalue weighted by atomic mass is 32.2. The van der Waals surface area contributed by atoms with E-state index >= 15 is 0 Å². The summed E-state index contributed by atoms with van der Waals surface area (Å²) in [6, 6.07) is 25.2. The van der Waals surface area contributed by atoms with Gasteiger partial charge in [0.25, 0.3) is 0 Å². The van der Waals surface area contributed by atoms with Crippen molar-refractivity contribution >= 4 is 28.4 Å². The van der Waals surface area contributed by atoms with Gasteiger partial charge in [-0.2, -0.15) is 11.8 Å².